The van der Waals surface area contributed by atoms with Crippen LogP contribution in [-0.2, 0) is 19.4 Å². The van der Waals surface area contributed by atoms with Gasteiger partial charge in [0.15, 0.2) is 0 Å². The van der Waals surface area contributed by atoms with Gasteiger partial charge < -0.3 is 10.4 Å². The highest BCUT2D eigenvalue weighted by molar-refractivity contribution is 7.16. The van der Waals surface area contributed by atoms with Crippen molar-refractivity contribution < 1.29 is 9.90 Å². The van der Waals surface area contributed by atoms with E-state index in [0.717, 1.165) is 23.4 Å². The van der Waals surface area contributed by atoms with Crippen LogP contribution in [0.1, 0.15) is 39.2 Å². The second kappa shape index (κ2) is 5.77. The Morgan fingerprint density at radius 2 is 1.95 bits per heavy atom. The van der Waals surface area contributed by atoms with Crippen LogP contribution in [0.3, 0.4) is 0 Å². The largest absolute Gasteiger partial charge is 0.392 e. The van der Waals surface area contributed by atoms with Crippen molar-refractivity contribution in [2.24, 2.45) is 0 Å². The molecule has 20 heavy (non-hydrogen) atoms. The molecule has 0 fully saturated rings. The number of nitrogens with one attached hydrogen (secondary N) is 1. The number of carbonyl (C=O) groups excluding carboxylic acids is 1. The van der Waals surface area contributed by atoms with Crippen molar-refractivity contribution in [2.45, 2.75) is 32.3 Å². The van der Waals surface area contributed by atoms with Crippen LogP contribution in [0.25, 0.3) is 0 Å². The Hall–Kier alpha value is -1.65. The van der Waals surface area contributed by atoms with Crippen LogP contribution in [0.4, 0.5) is 5.00 Å². The summed E-state index contributed by atoms with van der Waals surface area (Å²) < 4.78 is 0. The molecule has 3 rings (SSSR count). The highest BCUT2D eigenvalue weighted by atomic mass is 32.1. The predicted molar refractivity (Wildman–Crippen MR) is 81.3 cm³/mol. The lowest BCUT2D eigenvalue weighted by molar-refractivity contribution is 0.102. The molecule has 1 heterocycles. The van der Waals surface area contributed by atoms with Gasteiger partial charge in [-0.15, -0.1) is 11.3 Å². The standard InChI is InChI=1S/C16H17NO2S/c18-10-13-12-8-4-5-9-14(12)20-16(13)17-15(19)11-6-2-1-3-7-11/h1-3,6-7,18H,4-5,8-10H2,(H,17,19). The van der Waals surface area contributed by atoms with Crippen LogP contribution in [0.2, 0.25) is 0 Å². The number of benzene rings is 1. The molecule has 1 aliphatic rings. The number of amides is 1. The lowest BCUT2D eigenvalue weighted by atomic mass is 9.96. The number of thiophene rings is 1. The lowest BCUT2D eigenvalue weighted by Gasteiger charge is -2.11. The van der Waals surface area contributed by atoms with E-state index in [0.29, 0.717) is 5.56 Å². The number of aliphatic hydroxyl groups is 1. The van der Waals surface area contributed by atoms with Crippen molar-refractivity contribution in [2.75, 3.05) is 5.32 Å². The van der Waals surface area contributed by atoms with Crippen molar-refractivity contribution in [3.8, 4) is 0 Å². The molecule has 0 unspecified atom stereocenters. The average Bonchev–Trinajstić information content (AvgIpc) is 2.85. The first-order valence-corrected chi connectivity index (χ1v) is 7.72. The highest BCUT2D eigenvalue weighted by Gasteiger charge is 2.21. The van der Waals surface area contributed by atoms with E-state index in [1.165, 1.54) is 23.3 Å². The third-order valence-electron chi connectivity index (χ3n) is 3.70. The van der Waals surface area contributed by atoms with Crippen molar-refractivity contribution in [3.63, 3.8) is 0 Å². The van der Waals surface area contributed by atoms with Gasteiger partial charge in [-0.3, -0.25) is 4.79 Å². The Morgan fingerprint density at radius 3 is 2.70 bits per heavy atom. The topological polar surface area (TPSA) is 49.3 Å². The predicted octanol–water partition coefficient (Wildman–Crippen LogP) is 3.37. The first kappa shape index (κ1) is 13.3. The molecule has 0 atom stereocenters. The second-order valence-corrected chi connectivity index (χ2v) is 6.10. The Kier molecular flexibility index (Phi) is 3.85. The monoisotopic (exact) mass is 287 g/mol. The molecule has 3 nitrogen and oxygen atoms in total. The molecule has 0 saturated carbocycles. The lowest BCUT2D eigenvalue weighted by Crippen LogP contribution is -2.12. The Labute approximate surface area is 122 Å². The summed E-state index contributed by atoms with van der Waals surface area (Å²) in [6.07, 6.45) is 4.45. The zero-order valence-corrected chi connectivity index (χ0v) is 12.0. The first-order valence-electron chi connectivity index (χ1n) is 6.90. The molecular formula is C16H17NO2S. The first-order chi connectivity index (χ1) is 9.79. The SMILES string of the molecule is O=C(Nc1sc2c(c1CO)CCCC2)c1ccccc1. The third-order valence-corrected chi connectivity index (χ3v) is 4.95. The van der Waals surface area contributed by atoms with E-state index in [-0.39, 0.29) is 12.5 Å². The summed E-state index contributed by atoms with van der Waals surface area (Å²) in [5.74, 6) is -0.112. The van der Waals surface area contributed by atoms with Crippen molar-refractivity contribution in [3.05, 3.63) is 51.9 Å². The van der Waals surface area contributed by atoms with Gasteiger partial charge in [0.05, 0.1) is 6.61 Å². The zero-order chi connectivity index (χ0) is 13.9. The van der Waals surface area contributed by atoms with Crippen molar-refractivity contribution >= 4 is 22.2 Å². The van der Waals surface area contributed by atoms with Gasteiger partial charge in [0.2, 0.25) is 0 Å². The van der Waals surface area contributed by atoms with E-state index in [1.807, 2.05) is 18.2 Å². The highest BCUT2D eigenvalue weighted by Crippen LogP contribution is 2.38. The fourth-order valence-electron chi connectivity index (χ4n) is 2.66. The molecule has 1 aromatic carbocycles. The van der Waals surface area contributed by atoms with Crippen molar-refractivity contribution in [1.29, 1.82) is 0 Å². The maximum Gasteiger partial charge on any atom is 0.256 e. The minimum Gasteiger partial charge on any atom is -0.392 e. The Morgan fingerprint density at radius 1 is 1.20 bits per heavy atom. The quantitative estimate of drug-likeness (QED) is 0.909. The van der Waals surface area contributed by atoms with Gasteiger partial charge in [-0.25, -0.2) is 0 Å². The summed E-state index contributed by atoms with van der Waals surface area (Å²) in [6, 6.07) is 9.17. The van der Waals surface area contributed by atoms with Crippen LogP contribution in [0.15, 0.2) is 30.3 Å². The van der Waals surface area contributed by atoms with Gasteiger partial charge in [0.25, 0.3) is 5.91 Å². The Bertz CT molecular complexity index is 619. The Balaban J connectivity index is 1.87. The molecule has 1 amide bonds. The summed E-state index contributed by atoms with van der Waals surface area (Å²) >= 11 is 1.62. The summed E-state index contributed by atoms with van der Waals surface area (Å²) in [5.41, 5.74) is 2.81. The summed E-state index contributed by atoms with van der Waals surface area (Å²) in [4.78, 5) is 13.5. The zero-order valence-electron chi connectivity index (χ0n) is 11.2. The molecule has 2 aromatic rings. The van der Waals surface area contributed by atoms with Gasteiger partial charge in [-0.2, -0.15) is 0 Å². The number of fused-ring (bicyclic) bond motifs is 1. The number of hydrogen-bond acceptors (Lipinski definition) is 3. The molecule has 0 spiro atoms. The summed E-state index contributed by atoms with van der Waals surface area (Å²) in [6.45, 7) is -0.00373. The van der Waals surface area contributed by atoms with E-state index < -0.39 is 0 Å². The van der Waals surface area contributed by atoms with Crippen LogP contribution >= 0.6 is 11.3 Å². The fourth-order valence-corrected chi connectivity index (χ4v) is 3.96. The van der Waals surface area contributed by atoms with Gasteiger partial charge in [-0.05, 0) is 43.4 Å². The molecule has 1 aliphatic carbocycles. The number of rotatable bonds is 3. The van der Waals surface area contributed by atoms with E-state index in [9.17, 15) is 9.90 Å². The molecule has 0 radical (unpaired) electrons. The van der Waals surface area contributed by atoms with E-state index in [2.05, 4.69) is 5.32 Å². The van der Waals surface area contributed by atoms with Gasteiger partial charge in [-0.1, -0.05) is 18.2 Å². The number of hydrogen-bond donors (Lipinski definition) is 2. The van der Waals surface area contributed by atoms with Gasteiger partial charge in [0, 0.05) is 16.0 Å². The van der Waals surface area contributed by atoms with E-state index >= 15 is 0 Å². The molecular weight excluding hydrogens is 270 g/mol. The average molecular weight is 287 g/mol. The number of aliphatic hydroxyl groups excluding tert-OH is 1. The minimum atomic E-state index is -0.112. The molecule has 2 N–H and O–H groups in total. The van der Waals surface area contributed by atoms with Crippen LogP contribution in [-0.4, -0.2) is 11.0 Å². The van der Waals surface area contributed by atoms with Crippen LogP contribution in [0, 0.1) is 0 Å². The third kappa shape index (κ3) is 2.49. The molecule has 1 aromatic heterocycles. The second-order valence-electron chi connectivity index (χ2n) is 5.00. The smallest absolute Gasteiger partial charge is 0.256 e. The minimum absolute atomic E-state index is 0.00373. The van der Waals surface area contributed by atoms with Crippen LogP contribution < -0.4 is 5.32 Å². The van der Waals surface area contributed by atoms with Crippen molar-refractivity contribution in [1.82, 2.24) is 0 Å². The molecule has 0 aliphatic heterocycles. The normalized spacial score (nSPS) is 13.8. The van der Waals surface area contributed by atoms with Crippen LogP contribution in [0.5, 0.6) is 0 Å². The summed E-state index contributed by atoms with van der Waals surface area (Å²) in [7, 11) is 0. The fraction of sp³-hybridized carbons (Fsp3) is 0.312. The molecule has 104 valence electrons. The number of anilines is 1. The molecule has 4 heteroatoms. The van der Waals surface area contributed by atoms with Gasteiger partial charge >= 0.3 is 0 Å². The maximum atomic E-state index is 12.2. The molecule has 0 saturated heterocycles. The molecule has 0 bridgehead atoms. The van der Waals surface area contributed by atoms with E-state index in [1.54, 1.807) is 23.5 Å². The number of aryl methyl sites for hydroxylation is 1. The maximum absolute atomic E-state index is 12.2. The summed E-state index contributed by atoms with van der Waals surface area (Å²) in [5, 5.41) is 13.4. The van der Waals surface area contributed by atoms with E-state index in [4.69, 9.17) is 0 Å². The number of carbonyl (C=O) groups is 1. The van der Waals surface area contributed by atoms with Gasteiger partial charge in [0.1, 0.15) is 5.00 Å².